The summed E-state index contributed by atoms with van der Waals surface area (Å²) < 4.78 is 5.10. The van der Waals surface area contributed by atoms with Crippen LogP contribution in [0.25, 0.3) is 0 Å². The summed E-state index contributed by atoms with van der Waals surface area (Å²) in [4.78, 5) is 18.2. The van der Waals surface area contributed by atoms with Crippen LogP contribution in [-0.4, -0.2) is 23.3 Å². The maximum absolute atomic E-state index is 12.6. The van der Waals surface area contributed by atoms with E-state index in [-0.39, 0.29) is 5.41 Å². The highest BCUT2D eigenvalue weighted by Gasteiger charge is 2.60. The Labute approximate surface area is 180 Å². The molecule has 1 aromatic rings. The molecule has 0 amide bonds. The van der Waals surface area contributed by atoms with Crippen molar-refractivity contribution >= 4 is 11.5 Å². The largest absolute Gasteiger partial charge is 0.395 e. The molecule has 1 heterocycles. The van der Waals surface area contributed by atoms with Crippen LogP contribution in [0, 0.1) is 41.4 Å². The van der Waals surface area contributed by atoms with Crippen LogP contribution in [0.5, 0.6) is 0 Å². The van der Waals surface area contributed by atoms with Crippen molar-refractivity contribution in [2.75, 3.05) is 6.61 Å². The fourth-order valence-electron chi connectivity index (χ4n) is 7.74. The molecule has 164 valence electrons. The lowest BCUT2D eigenvalue weighted by Crippen LogP contribution is -2.53. The number of nitrogens with zero attached hydrogens (tertiary/aromatic N) is 2. The Morgan fingerprint density at radius 1 is 1.17 bits per heavy atom. The molecule has 0 spiro atoms. The molecule has 30 heavy (non-hydrogen) atoms. The Kier molecular flexibility index (Phi) is 5.06. The van der Waals surface area contributed by atoms with Crippen molar-refractivity contribution in [2.24, 2.45) is 39.7 Å². The third kappa shape index (κ3) is 3.23. The van der Waals surface area contributed by atoms with E-state index in [0.29, 0.717) is 23.7 Å². The molecular formula is C25H36N2O3. The van der Waals surface area contributed by atoms with Crippen LogP contribution < -0.4 is 0 Å². The van der Waals surface area contributed by atoms with Crippen LogP contribution in [0.15, 0.2) is 15.7 Å². The van der Waals surface area contributed by atoms with E-state index in [1.54, 1.807) is 0 Å². The molecule has 0 aromatic carbocycles. The summed E-state index contributed by atoms with van der Waals surface area (Å²) in [5.74, 6) is 4.29. The highest BCUT2D eigenvalue weighted by Crippen LogP contribution is 2.65. The van der Waals surface area contributed by atoms with Gasteiger partial charge in [-0.05, 0) is 87.4 Å². The third-order valence-corrected chi connectivity index (χ3v) is 9.53. The second kappa shape index (κ2) is 7.49. The maximum Gasteiger partial charge on any atom is 0.139 e. The van der Waals surface area contributed by atoms with Gasteiger partial charge in [0.2, 0.25) is 0 Å². The lowest BCUT2D eigenvalue weighted by Gasteiger charge is -2.59. The zero-order chi connectivity index (χ0) is 20.9. The molecule has 0 radical (unpaired) electrons. The molecule has 5 heteroatoms. The zero-order valence-corrected chi connectivity index (χ0v) is 18.8. The minimum absolute atomic E-state index is 0.0120. The first-order chi connectivity index (χ1) is 14.4. The van der Waals surface area contributed by atoms with Crippen molar-refractivity contribution in [3.63, 3.8) is 0 Å². The first kappa shape index (κ1) is 20.3. The molecule has 0 bridgehead atoms. The van der Waals surface area contributed by atoms with Crippen LogP contribution in [0.3, 0.4) is 0 Å². The average Bonchev–Trinajstić information content (AvgIpc) is 3.28. The topological polar surface area (TPSA) is 64.7 Å². The molecule has 4 fully saturated rings. The monoisotopic (exact) mass is 412 g/mol. The van der Waals surface area contributed by atoms with Crippen molar-refractivity contribution in [1.29, 1.82) is 0 Å². The average molecular weight is 413 g/mol. The lowest BCUT2D eigenvalue weighted by molar-refractivity contribution is -0.137. The van der Waals surface area contributed by atoms with Gasteiger partial charge in [0.15, 0.2) is 0 Å². The summed E-state index contributed by atoms with van der Waals surface area (Å²) in [6, 6.07) is 1.95. The minimum atomic E-state index is -0.0120. The normalized spacial score (nSPS) is 42.0. The van der Waals surface area contributed by atoms with Crippen LogP contribution in [0.2, 0.25) is 0 Å². The van der Waals surface area contributed by atoms with E-state index in [9.17, 15) is 4.79 Å². The summed E-state index contributed by atoms with van der Waals surface area (Å²) in [6.07, 6.45) is 11.0. The number of hydrogen-bond acceptors (Lipinski definition) is 5. The molecule has 4 aliphatic rings. The number of oxime groups is 1. The summed E-state index contributed by atoms with van der Waals surface area (Å²) in [6.45, 7) is 7.29. The second-order valence-electron chi connectivity index (χ2n) is 10.9. The quantitative estimate of drug-likeness (QED) is 0.483. The standard InChI is InChI=1S/C25H36N2O3/c1-16-14-19(27-30-16)10-13-29-26-18-8-11-24(2)17(15-18)4-5-20-21-6-7-23(28)25(21,3)12-9-22(20)24/h14,17,20-22H,4-13,15H2,1-3H3/b26-18+/t17?,20?,21?,22?,24-,25-/m0/s1. The Morgan fingerprint density at radius 3 is 2.83 bits per heavy atom. The summed E-state index contributed by atoms with van der Waals surface area (Å²) in [7, 11) is 0. The fourth-order valence-corrected chi connectivity index (χ4v) is 7.74. The fraction of sp³-hybridized carbons (Fsp3) is 0.800. The van der Waals surface area contributed by atoms with Gasteiger partial charge < -0.3 is 9.36 Å². The van der Waals surface area contributed by atoms with Crippen LogP contribution in [0.4, 0.5) is 0 Å². The molecule has 4 unspecified atom stereocenters. The molecular weight excluding hydrogens is 376 g/mol. The molecule has 6 atom stereocenters. The number of Topliss-reactive ketones (excluding diaryl/α,β-unsaturated/α-hetero) is 1. The van der Waals surface area contributed by atoms with Crippen LogP contribution >= 0.6 is 0 Å². The molecule has 0 aliphatic heterocycles. The number of hydrogen-bond donors (Lipinski definition) is 0. The number of fused-ring (bicyclic) bond motifs is 5. The van der Waals surface area contributed by atoms with Gasteiger partial charge in [-0.3, -0.25) is 4.79 Å². The van der Waals surface area contributed by atoms with Crippen molar-refractivity contribution in [3.8, 4) is 0 Å². The van der Waals surface area contributed by atoms with Gasteiger partial charge in [-0.1, -0.05) is 24.2 Å². The van der Waals surface area contributed by atoms with Crippen molar-refractivity contribution in [2.45, 2.75) is 85.0 Å². The predicted octanol–water partition coefficient (Wildman–Crippen LogP) is 5.51. The van der Waals surface area contributed by atoms with Crippen molar-refractivity contribution < 1.29 is 14.2 Å². The lowest BCUT2D eigenvalue weighted by atomic mass is 9.45. The van der Waals surface area contributed by atoms with Gasteiger partial charge >= 0.3 is 0 Å². The van der Waals surface area contributed by atoms with E-state index in [2.05, 4.69) is 24.2 Å². The van der Waals surface area contributed by atoms with E-state index >= 15 is 0 Å². The van der Waals surface area contributed by atoms with Crippen LogP contribution in [0.1, 0.15) is 83.1 Å². The molecule has 5 rings (SSSR count). The Bertz CT molecular complexity index is 845. The zero-order valence-electron chi connectivity index (χ0n) is 18.8. The van der Waals surface area contributed by atoms with E-state index < -0.39 is 0 Å². The van der Waals surface area contributed by atoms with Gasteiger partial charge in [0.05, 0.1) is 11.4 Å². The highest BCUT2D eigenvalue weighted by atomic mass is 16.6. The first-order valence-corrected chi connectivity index (χ1v) is 12.0. The van der Waals surface area contributed by atoms with E-state index in [1.165, 1.54) is 31.4 Å². The number of aromatic nitrogens is 1. The molecule has 0 N–H and O–H groups in total. The van der Waals surface area contributed by atoms with Gasteiger partial charge in [0, 0.05) is 24.3 Å². The Morgan fingerprint density at radius 2 is 2.03 bits per heavy atom. The summed E-state index contributed by atoms with van der Waals surface area (Å²) in [5.41, 5.74) is 2.57. The number of ketones is 1. The molecule has 1 aromatic heterocycles. The van der Waals surface area contributed by atoms with Gasteiger partial charge in [0.25, 0.3) is 0 Å². The van der Waals surface area contributed by atoms with Crippen LogP contribution in [-0.2, 0) is 16.1 Å². The highest BCUT2D eigenvalue weighted by molar-refractivity contribution is 5.87. The van der Waals surface area contributed by atoms with E-state index in [1.807, 2.05) is 13.0 Å². The van der Waals surface area contributed by atoms with E-state index in [4.69, 9.17) is 9.36 Å². The smallest absolute Gasteiger partial charge is 0.139 e. The third-order valence-electron chi connectivity index (χ3n) is 9.53. The van der Waals surface area contributed by atoms with Crippen molar-refractivity contribution in [1.82, 2.24) is 5.16 Å². The molecule has 5 nitrogen and oxygen atoms in total. The Hall–Kier alpha value is -1.65. The minimum Gasteiger partial charge on any atom is -0.395 e. The van der Waals surface area contributed by atoms with Gasteiger partial charge in [0.1, 0.15) is 18.2 Å². The predicted molar refractivity (Wildman–Crippen MR) is 115 cm³/mol. The van der Waals surface area contributed by atoms with Crippen molar-refractivity contribution in [3.05, 3.63) is 17.5 Å². The number of carbonyl (C=O) groups is 1. The number of carbonyl (C=O) groups excluding carboxylic acids is 1. The summed E-state index contributed by atoms with van der Waals surface area (Å²) >= 11 is 0. The van der Waals surface area contributed by atoms with E-state index in [0.717, 1.165) is 67.7 Å². The van der Waals surface area contributed by atoms with Gasteiger partial charge in [-0.25, -0.2) is 0 Å². The Balaban J connectivity index is 1.21. The molecule has 4 saturated carbocycles. The molecule has 0 saturated heterocycles. The molecule has 4 aliphatic carbocycles. The maximum atomic E-state index is 12.6. The van der Waals surface area contributed by atoms with Gasteiger partial charge in [-0.2, -0.15) is 0 Å². The number of rotatable bonds is 4. The first-order valence-electron chi connectivity index (χ1n) is 12.0. The number of aryl methyl sites for hydroxylation is 1. The summed E-state index contributed by atoms with van der Waals surface area (Å²) in [5, 5.41) is 8.53. The van der Waals surface area contributed by atoms with Gasteiger partial charge in [-0.15, -0.1) is 0 Å². The SMILES string of the molecule is Cc1cc(CCO/N=C2\CC[C@@]3(C)C(CCC4C3CC[C@]3(C)C(=O)CCC43)C2)no1. The second-order valence-corrected chi connectivity index (χ2v) is 10.9.